The number of likely N-dealkylation sites (tertiary alicyclic amines) is 1. The van der Waals surface area contributed by atoms with Crippen LogP contribution in [0.3, 0.4) is 0 Å². The number of rotatable bonds is 6. The topological polar surface area (TPSA) is 73.0 Å². The molecule has 2 heterocycles. The number of piperazine rings is 1. The number of benzene rings is 1. The van der Waals surface area contributed by atoms with Crippen LogP contribution in [-0.4, -0.2) is 84.3 Å². The lowest BCUT2D eigenvalue weighted by atomic mass is 10.1. The van der Waals surface area contributed by atoms with Crippen LogP contribution in [0.15, 0.2) is 18.2 Å². The van der Waals surface area contributed by atoms with Gasteiger partial charge in [-0.2, -0.15) is 0 Å². The fraction of sp³-hybridized carbons (Fsp3) is 0.571. The minimum Gasteiger partial charge on any atom is -0.355 e. The summed E-state index contributed by atoms with van der Waals surface area (Å²) in [5, 5.41) is 3.64. The molecule has 1 aromatic rings. The Morgan fingerprint density at radius 2 is 1.83 bits per heavy atom. The van der Waals surface area contributed by atoms with Crippen LogP contribution in [0.5, 0.6) is 0 Å². The third-order valence-electron chi connectivity index (χ3n) is 5.58. The van der Waals surface area contributed by atoms with E-state index in [1.54, 1.807) is 28.0 Å². The molecule has 1 atom stereocenters. The van der Waals surface area contributed by atoms with Crippen molar-refractivity contribution in [1.29, 1.82) is 0 Å². The van der Waals surface area contributed by atoms with Gasteiger partial charge in [0.25, 0.3) is 5.91 Å². The van der Waals surface area contributed by atoms with E-state index in [1.807, 2.05) is 6.92 Å². The largest absolute Gasteiger partial charge is 0.355 e. The first kappa shape index (κ1) is 22.8. The Kier molecular flexibility index (Phi) is 7.97. The molecule has 0 aromatic heterocycles. The highest BCUT2D eigenvalue weighted by Crippen LogP contribution is 2.27. The van der Waals surface area contributed by atoms with Gasteiger partial charge < -0.3 is 15.1 Å². The molecule has 1 unspecified atom stereocenters. The normalized spacial score (nSPS) is 19.8. The van der Waals surface area contributed by atoms with Gasteiger partial charge in [-0.25, -0.2) is 0 Å². The molecular weight excluding hydrogens is 427 g/mol. The summed E-state index contributed by atoms with van der Waals surface area (Å²) in [5.41, 5.74) is 0.326. The van der Waals surface area contributed by atoms with Crippen LogP contribution >= 0.6 is 23.2 Å². The van der Waals surface area contributed by atoms with Crippen LogP contribution in [0.2, 0.25) is 10.0 Å². The van der Waals surface area contributed by atoms with E-state index in [0.29, 0.717) is 67.8 Å². The van der Waals surface area contributed by atoms with Gasteiger partial charge in [0.05, 0.1) is 17.1 Å². The molecule has 1 N–H and O–H groups in total. The fourth-order valence-corrected chi connectivity index (χ4v) is 4.31. The summed E-state index contributed by atoms with van der Waals surface area (Å²) >= 11 is 12.2. The molecule has 3 rings (SSSR count). The molecule has 0 aliphatic carbocycles. The van der Waals surface area contributed by atoms with Crippen molar-refractivity contribution in [2.45, 2.75) is 32.2 Å². The second kappa shape index (κ2) is 10.5. The van der Waals surface area contributed by atoms with Gasteiger partial charge in [-0.15, -0.1) is 0 Å². The first-order valence-corrected chi connectivity index (χ1v) is 11.2. The number of carbonyl (C=O) groups is 3. The number of nitrogens with one attached hydrogen (secondary N) is 1. The molecule has 9 heteroatoms. The highest BCUT2D eigenvalue weighted by Gasteiger charge is 2.38. The third kappa shape index (κ3) is 5.45. The predicted octanol–water partition coefficient (Wildman–Crippen LogP) is 2.27. The number of hydrogen-bond acceptors (Lipinski definition) is 4. The van der Waals surface area contributed by atoms with E-state index in [1.165, 1.54) is 0 Å². The molecule has 0 spiro atoms. The van der Waals surface area contributed by atoms with E-state index in [2.05, 4.69) is 10.2 Å². The summed E-state index contributed by atoms with van der Waals surface area (Å²) in [5.74, 6) is -0.277. The zero-order chi connectivity index (χ0) is 21.7. The molecule has 164 valence electrons. The summed E-state index contributed by atoms with van der Waals surface area (Å²) in [7, 11) is 0. The van der Waals surface area contributed by atoms with E-state index < -0.39 is 6.04 Å². The summed E-state index contributed by atoms with van der Waals surface area (Å²) in [4.78, 5) is 43.6. The molecule has 1 aromatic carbocycles. The van der Waals surface area contributed by atoms with Crippen LogP contribution in [-0.2, 0) is 9.59 Å². The SMILES string of the molecule is CCCNC(=O)CN1CCN(C(=O)C2CCCN2C(=O)c2cc(Cl)ccc2Cl)CC1. The molecule has 2 aliphatic rings. The Balaban J connectivity index is 1.58. The number of carbonyl (C=O) groups excluding carboxylic acids is 3. The van der Waals surface area contributed by atoms with Crippen molar-refractivity contribution in [3.8, 4) is 0 Å². The molecule has 3 amide bonds. The van der Waals surface area contributed by atoms with Gasteiger partial charge in [-0.05, 0) is 37.5 Å². The Labute approximate surface area is 187 Å². The van der Waals surface area contributed by atoms with Crippen LogP contribution in [0.1, 0.15) is 36.5 Å². The quantitative estimate of drug-likeness (QED) is 0.715. The molecule has 2 fully saturated rings. The number of halogens is 2. The summed E-state index contributed by atoms with van der Waals surface area (Å²) < 4.78 is 0. The highest BCUT2D eigenvalue weighted by molar-refractivity contribution is 6.35. The van der Waals surface area contributed by atoms with E-state index in [4.69, 9.17) is 23.2 Å². The Morgan fingerprint density at radius 3 is 2.53 bits per heavy atom. The fourth-order valence-electron chi connectivity index (χ4n) is 3.94. The lowest BCUT2D eigenvalue weighted by Gasteiger charge is -2.37. The van der Waals surface area contributed by atoms with Gasteiger partial charge >= 0.3 is 0 Å². The maximum absolute atomic E-state index is 13.1. The summed E-state index contributed by atoms with van der Waals surface area (Å²) in [6.07, 6.45) is 2.32. The van der Waals surface area contributed by atoms with Gasteiger partial charge in [0, 0.05) is 44.3 Å². The molecule has 0 radical (unpaired) electrons. The minimum atomic E-state index is -0.480. The lowest BCUT2D eigenvalue weighted by Crippen LogP contribution is -2.55. The minimum absolute atomic E-state index is 0.0163. The van der Waals surface area contributed by atoms with E-state index in [0.717, 1.165) is 12.8 Å². The molecular formula is C21H28Cl2N4O3. The second-order valence-electron chi connectivity index (χ2n) is 7.73. The van der Waals surface area contributed by atoms with Crippen molar-refractivity contribution in [2.24, 2.45) is 0 Å². The highest BCUT2D eigenvalue weighted by atomic mass is 35.5. The molecule has 7 nitrogen and oxygen atoms in total. The van der Waals surface area contributed by atoms with Gasteiger partial charge in [-0.3, -0.25) is 19.3 Å². The number of hydrogen-bond donors (Lipinski definition) is 1. The maximum atomic E-state index is 13.1. The average Bonchev–Trinajstić information content (AvgIpc) is 3.23. The molecule has 2 aliphatic heterocycles. The van der Waals surface area contributed by atoms with Crippen molar-refractivity contribution in [3.63, 3.8) is 0 Å². The number of nitrogens with zero attached hydrogens (tertiary/aromatic N) is 3. The summed E-state index contributed by atoms with van der Waals surface area (Å²) in [6.45, 7) is 5.96. The smallest absolute Gasteiger partial charge is 0.256 e. The van der Waals surface area contributed by atoms with E-state index >= 15 is 0 Å². The molecule has 2 saturated heterocycles. The van der Waals surface area contributed by atoms with Crippen molar-refractivity contribution < 1.29 is 14.4 Å². The first-order valence-electron chi connectivity index (χ1n) is 10.4. The average molecular weight is 455 g/mol. The zero-order valence-electron chi connectivity index (χ0n) is 17.2. The van der Waals surface area contributed by atoms with E-state index in [9.17, 15) is 14.4 Å². The predicted molar refractivity (Wildman–Crippen MR) is 117 cm³/mol. The Bertz CT molecular complexity index is 796. The third-order valence-corrected chi connectivity index (χ3v) is 6.15. The van der Waals surface area contributed by atoms with Crippen LogP contribution in [0.4, 0.5) is 0 Å². The Hall–Kier alpha value is -1.83. The standard InChI is InChI=1S/C21H28Cl2N4O3/c1-2-7-24-19(28)14-25-9-11-26(12-10-25)21(30)18-4-3-8-27(18)20(29)16-13-15(22)5-6-17(16)23/h5-6,13,18H,2-4,7-12,14H2,1H3,(H,24,28). The first-order chi connectivity index (χ1) is 14.4. The van der Waals surface area contributed by atoms with Crippen molar-refractivity contribution in [3.05, 3.63) is 33.8 Å². The maximum Gasteiger partial charge on any atom is 0.256 e. The van der Waals surface area contributed by atoms with Crippen molar-refractivity contribution in [1.82, 2.24) is 20.0 Å². The van der Waals surface area contributed by atoms with Gasteiger partial charge in [0.1, 0.15) is 6.04 Å². The summed E-state index contributed by atoms with van der Waals surface area (Å²) in [6, 6.07) is 4.30. The van der Waals surface area contributed by atoms with Crippen LogP contribution < -0.4 is 5.32 Å². The number of amides is 3. The van der Waals surface area contributed by atoms with Gasteiger partial charge in [0.2, 0.25) is 11.8 Å². The van der Waals surface area contributed by atoms with Gasteiger partial charge in [0.15, 0.2) is 0 Å². The van der Waals surface area contributed by atoms with Gasteiger partial charge in [-0.1, -0.05) is 30.1 Å². The molecule has 0 saturated carbocycles. The molecule has 0 bridgehead atoms. The van der Waals surface area contributed by atoms with Crippen LogP contribution in [0.25, 0.3) is 0 Å². The second-order valence-corrected chi connectivity index (χ2v) is 8.58. The van der Waals surface area contributed by atoms with Crippen molar-refractivity contribution >= 4 is 40.9 Å². The van der Waals surface area contributed by atoms with E-state index in [-0.39, 0.29) is 17.7 Å². The molecule has 30 heavy (non-hydrogen) atoms. The zero-order valence-corrected chi connectivity index (χ0v) is 18.7. The van der Waals surface area contributed by atoms with Crippen molar-refractivity contribution in [2.75, 3.05) is 45.8 Å². The lowest BCUT2D eigenvalue weighted by molar-refractivity contribution is -0.137. The monoisotopic (exact) mass is 454 g/mol. The Morgan fingerprint density at radius 1 is 1.10 bits per heavy atom. The van der Waals surface area contributed by atoms with Crippen LogP contribution in [0, 0.1) is 0 Å².